The lowest BCUT2D eigenvalue weighted by Gasteiger charge is -2.13. The standard InChI is InChI=1S/C23H24N2O5/c1-2-3-15-30-23(29)16-10-12-17(13-11-16)24-20(26)9-6-14-25-21(27)18-7-4-5-8-19(18)22(25)28/h4-5,7-8,10-13H,2-3,6,9,14-15H2,1H3,(H,24,26). The van der Waals surface area contributed by atoms with Crippen molar-refractivity contribution in [1.82, 2.24) is 4.90 Å². The van der Waals surface area contributed by atoms with Crippen molar-refractivity contribution in [2.24, 2.45) is 0 Å². The van der Waals surface area contributed by atoms with Crippen LogP contribution in [0.3, 0.4) is 0 Å². The normalized spacial score (nSPS) is 12.6. The van der Waals surface area contributed by atoms with Gasteiger partial charge in [0.1, 0.15) is 0 Å². The largest absolute Gasteiger partial charge is 0.462 e. The van der Waals surface area contributed by atoms with Crippen LogP contribution >= 0.6 is 0 Å². The van der Waals surface area contributed by atoms with Crippen LogP contribution in [0, 0.1) is 0 Å². The van der Waals surface area contributed by atoms with E-state index in [1.165, 1.54) is 4.90 Å². The van der Waals surface area contributed by atoms with Gasteiger partial charge in [0.2, 0.25) is 5.91 Å². The molecule has 2 aromatic rings. The number of carbonyl (C=O) groups excluding carboxylic acids is 4. The fraction of sp³-hybridized carbons (Fsp3) is 0.304. The average molecular weight is 408 g/mol. The summed E-state index contributed by atoms with van der Waals surface area (Å²) in [5.41, 5.74) is 1.79. The zero-order chi connectivity index (χ0) is 21.5. The maximum atomic E-state index is 12.3. The van der Waals surface area contributed by atoms with Crippen LogP contribution in [0.25, 0.3) is 0 Å². The zero-order valence-corrected chi connectivity index (χ0v) is 16.8. The van der Waals surface area contributed by atoms with E-state index in [1.807, 2.05) is 6.92 Å². The molecule has 0 spiro atoms. The van der Waals surface area contributed by atoms with Gasteiger partial charge < -0.3 is 10.1 Å². The first-order valence-corrected chi connectivity index (χ1v) is 10.0. The Morgan fingerprint density at radius 3 is 2.17 bits per heavy atom. The SMILES string of the molecule is CCCCOC(=O)c1ccc(NC(=O)CCCN2C(=O)c3ccccc3C2=O)cc1. The van der Waals surface area contributed by atoms with Gasteiger partial charge in [0.25, 0.3) is 11.8 Å². The Balaban J connectivity index is 1.45. The molecule has 7 heteroatoms. The number of carbonyl (C=O) groups is 4. The van der Waals surface area contributed by atoms with Gasteiger partial charge in [-0.1, -0.05) is 25.5 Å². The van der Waals surface area contributed by atoms with E-state index in [9.17, 15) is 19.2 Å². The van der Waals surface area contributed by atoms with E-state index >= 15 is 0 Å². The lowest BCUT2D eigenvalue weighted by molar-refractivity contribution is -0.116. The molecular weight excluding hydrogens is 384 g/mol. The fourth-order valence-electron chi connectivity index (χ4n) is 3.15. The van der Waals surface area contributed by atoms with Gasteiger partial charge in [0.15, 0.2) is 0 Å². The summed E-state index contributed by atoms with van der Waals surface area (Å²) in [5, 5.41) is 2.75. The van der Waals surface area contributed by atoms with Crippen molar-refractivity contribution in [2.75, 3.05) is 18.5 Å². The minimum absolute atomic E-state index is 0.161. The minimum Gasteiger partial charge on any atom is -0.462 e. The molecule has 0 saturated heterocycles. The number of anilines is 1. The number of ether oxygens (including phenoxy) is 1. The van der Waals surface area contributed by atoms with Crippen molar-refractivity contribution in [3.8, 4) is 0 Å². The highest BCUT2D eigenvalue weighted by Crippen LogP contribution is 2.22. The molecule has 1 aliphatic rings. The summed E-state index contributed by atoms with van der Waals surface area (Å²) in [6, 6.07) is 13.2. The molecule has 3 amide bonds. The Morgan fingerprint density at radius 2 is 1.57 bits per heavy atom. The predicted molar refractivity (Wildman–Crippen MR) is 111 cm³/mol. The van der Waals surface area contributed by atoms with Crippen LogP contribution < -0.4 is 5.32 Å². The molecule has 0 fully saturated rings. The highest BCUT2D eigenvalue weighted by Gasteiger charge is 2.34. The number of nitrogens with one attached hydrogen (secondary N) is 1. The molecular formula is C23H24N2O5. The zero-order valence-electron chi connectivity index (χ0n) is 16.8. The van der Waals surface area contributed by atoms with Gasteiger partial charge in [-0.15, -0.1) is 0 Å². The minimum atomic E-state index is -0.387. The van der Waals surface area contributed by atoms with Crippen molar-refractivity contribution >= 4 is 29.4 Å². The summed E-state index contributed by atoms with van der Waals surface area (Å²) in [5.74, 6) is -1.26. The van der Waals surface area contributed by atoms with Crippen molar-refractivity contribution < 1.29 is 23.9 Å². The van der Waals surface area contributed by atoms with Crippen LogP contribution in [0.5, 0.6) is 0 Å². The van der Waals surface area contributed by atoms with Crippen molar-refractivity contribution in [2.45, 2.75) is 32.6 Å². The van der Waals surface area contributed by atoms with Crippen LogP contribution in [0.1, 0.15) is 63.7 Å². The van der Waals surface area contributed by atoms with Crippen LogP contribution in [0.15, 0.2) is 48.5 Å². The number of rotatable bonds is 9. The van der Waals surface area contributed by atoms with Crippen LogP contribution in [-0.2, 0) is 9.53 Å². The predicted octanol–water partition coefficient (Wildman–Crippen LogP) is 3.66. The summed E-state index contributed by atoms with van der Waals surface area (Å²) in [7, 11) is 0. The number of hydrogen-bond donors (Lipinski definition) is 1. The monoisotopic (exact) mass is 408 g/mol. The Kier molecular flexibility index (Phi) is 6.95. The van der Waals surface area contributed by atoms with Gasteiger partial charge in [-0.3, -0.25) is 19.3 Å². The molecule has 0 aliphatic carbocycles. The van der Waals surface area contributed by atoms with Gasteiger partial charge in [0.05, 0.1) is 23.3 Å². The van der Waals surface area contributed by atoms with Crippen LogP contribution in [0.4, 0.5) is 5.69 Å². The van der Waals surface area contributed by atoms with E-state index in [1.54, 1.807) is 48.5 Å². The summed E-state index contributed by atoms with van der Waals surface area (Å²) >= 11 is 0. The molecule has 0 unspecified atom stereocenters. The molecule has 0 saturated carbocycles. The number of esters is 1. The summed E-state index contributed by atoms with van der Waals surface area (Å²) < 4.78 is 5.15. The van der Waals surface area contributed by atoms with E-state index in [-0.39, 0.29) is 36.7 Å². The third-order valence-electron chi connectivity index (χ3n) is 4.80. The molecule has 0 atom stereocenters. The molecule has 0 aromatic heterocycles. The molecule has 7 nitrogen and oxygen atoms in total. The second-order valence-electron chi connectivity index (χ2n) is 7.03. The first-order chi connectivity index (χ1) is 14.5. The van der Waals surface area contributed by atoms with Crippen LogP contribution in [-0.4, -0.2) is 41.7 Å². The van der Waals surface area contributed by atoms with Crippen molar-refractivity contribution in [3.05, 3.63) is 65.2 Å². The van der Waals surface area contributed by atoms with Gasteiger partial charge in [-0.05, 0) is 49.2 Å². The van der Waals surface area contributed by atoms with Crippen molar-refractivity contribution in [1.29, 1.82) is 0 Å². The molecule has 0 bridgehead atoms. The smallest absolute Gasteiger partial charge is 0.338 e. The number of imide groups is 1. The second kappa shape index (κ2) is 9.82. The molecule has 156 valence electrons. The lowest BCUT2D eigenvalue weighted by atomic mass is 10.1. The molecule has 1 N–H and O–H groups in total. The average Bonchev–Trinajstić information content (AvgIpc) is 2.99. The molecule has 1 aliphatic heterocycles. The third-order valence-corrected chi connectivity index (χ3v) is 4.80. The van der Waals surface area contributed by atoms with Crippen LogP contribution in [0.2, 0.25) is 0 Å². The highest BCUT2D eigenvalue weighted by molar-refractivity contribution is 6.21. The van der Waals surface area contributed by atoms with E-state index < -0.39 is 0 Å². The van der Waals surface area contributed by atoms with E-state index in [0.717, 1.165) is 12.8 Å². The maximum absolute atomic E-state index is 12.3. The van der Waals surface area contributed by atoms with Crippen molar-refractivity contribution in [3.63, 3.8) is 0 Å². The molecule has 30 heavy (non-hydrogen) atoms. The van der Waals surface area contributed by atoms with Gasteiger partial charge in [0, 0.05) is 18.7 Å². The summed E-state index contributed by atoms with van der Waals surface area (Å²) in [6.45, 7) is 2.59. The second-order valence-corrected chi connectivity index (χ2v) is 7.03. The highest BCUT2D eigenvalue weighted by atomic mass is 16.5. The summed E-state index contributed by atoms with van der Waals surface area (Å²) in [6.07, 6.45) is 2.29. The van der Waals surface area contributed by atoms with E-state index in [2.05, 4.69) is 5.32 Å². The number of benzene rings is 2. The Hall–Kier alpha value is -3.48. The number of fused-ring (bicyclic) bond motifs is 1. The van der Waals surface area contributed by atoms with Gasteiger partial charge in [-0.2, -0.15) is 0 Å². The Morgan fingerprint density at radius 1 is 0.933 bits per heavy atom. The van der Waals surface area contributed by atoms with Gasteiger partial charge in [-0.25, -0.2) is 4.79 Å². The fourth-order valence-corrected chi connectivity index (χ4v) is 3.15. The maximum Gasteiger partial charge on any atom is 0.338 e. The van der Waals surface area contributed by atoms with E-state index in [0.29, 0.717) is 35.4 Å². The quantitative estimate of drug-likeness (QED) is 0.388. The van der Waals surface area contributed by atoms with E-state index in [4.69, 9.17) is 4.74 Å². The molecule has 0 radical (unpaired) electrons. The number of hydrogen-bond acceptors (Lipinski definition) is 5. The third kappa shape index (κ3) is 4.92. The topological polar surface area (TPSA) is 92.8 Å². The number of unbranched alkanes of at least 4 members (excludes halogenated alkanes) is 1. The van der Waals surface area contributed by atoms with Gasteiger partial charge >= 0.3 is 5.97 Å². The number of nitrogens with zero attached hydrogens (tertiary/aromatic N) is 1. The molecule has 1 heterocycles. The molecule has 3 rings (SSSR count). The first kappa shape index (κ1) is 21.2. The summed E-state index contributed by atoms with van der Waals surface area (Å²) in [4.78, 5) is 49.9. The first-order valence-electron chi connectivity index (χ1n) is 10.0. The Bertz CT molecular complexity index is 917. The number of amides is 3. The Labute approximate surface area is 175 Å². The lowest BCUT2D eigenvalue weighted by Crippen LogP contribution is -2.31. The molecule has 2 aromatic carbocycles.